The van der Waals surface area contributed by atoms with Gasteiger partial charge in [-0.15, -0.1) is 12.4 Å². The zero-order chi connectivity index (χ0) is 18.2. The van der Waals surface area contributed by atoms with Crippen LogP contribution in [0.2, 0.25) is 0 Å². The Morgan fingerprint density at radius 2 is 1.54 bits per heavy atom. The Morgan fingerprint density at radius 1 is 0.962 bits per heavy atom. The van der Waals surface area contributed by atoms with E-state index in [2.05, 4.69) is 0 Å². The fourth-order valence-corrected chi connectivity index (χ4v) is 4.29. The molecular formula is C19H20ClFN2O2S. The molecule has 0 bridgehead atoms. The Balaban J connectivity index is 0.00000243. The Bertz CT molecular complexity index is 998. The Morgan fingerprint density at radius 3 is 2.08 bits per heavy atom. The highest BCUT2D eigenvalue weighted by Crippen LogP contribution is 2.35. The van der Waals surface area contributed by atoms with Gasteiger partial charge in [0.15, 0.2) is 0 Å². The lowest BCUT2D eigenvalue weighted by molar-refractivity contribution is 0.587. The third-order valence-corrected chi connectivity index (χ3v) is 5.77. The molecule has 0 saturated heterocycles. The van der Waals surface area contributed by atoms with E-state index in [1.54, 1.807) is 6.20 Å². The summed E-state index contributed by atoms with van der Waals surface area (Å²) in [6.07, 6.45) is 1.61. The highest BCUT2D eigenvalue weighted by molar-refractivity contribution is 7.90. The molecule has 0 aliphatic heterocycles. The smallest absolute Gasteiger partial charge is 0.268 e. The maximum Gasteiger partial charge on any atom is 0.268 e. The van der Waals surface area contributed by atoms with Gasteiger partial charge >= 0.3 is 0 Å². The van der Waals surface area contributed by atoms with Crippen LogP contribution in [0, 0.1) is 12.7 Å². The summed E-state index contributed by atoms with van der Waals surface area (Å²) in [5, 5.41) is 0. The van der Waals surface area contributed by atoms with Crippen molar-refractivity contribution < 1.29 is 12.8 Å². The van der Waals surface area contributed by atoms with E-state index in [4.69, 9.17) is 0 Å². The molecule has 4 nitrogen and oxygen atoms in total. The molecule has 138 valence electrons. The first-order valence-electron chi connectivity index (χ1n) is 7.78. The molecule has 0 aliphatic rings. The van der Waals surface area contributed by atoms with Crippen LogP contribution >= 0.6 is 12.4 Å². The average molecular weight is 395 g/mol. The maximum absolute atomic E-state index is 13.2. The van der Waals surface area contributed by atoms with Crippen molar-refractivity contribution in [1.29, 1.82) is 0 Å². The predicted octanol–water partition coefficient (Wildman–Crippen LogP) is 4.33. The molecule has 0 atom stereocenters. The van der Waals surface area contributed by atoms with Crippen molar-refractivity contribution in [3.8, 4) is 11.3 Å². The SMILES string of the molecule is Cc1c(N(C)C)cn(S(=O)(=O)c2ccc(F)cc2)c1-c1ccccc1.Cl. The van der Waals surface area contributed by atoms with E-state index in [1.807, 2.05) is 56.3 Å². The van der Waals surface area contributed by atoms with Gasteiger partial charge in [0.2, 0.25) is 0 Å². The molecule has 1 heterocycles. The van der Waals surface area contributed by atoms with Crippen molar-refractivity contribution in [3.63, 3.8) is 0 Å². The summed E-state index contributed by atoms with van der Waals surface area (Å²) in [7, 11) is -0.112. The molecule has 0 saturated carbocycles. The zero-order valence-corrected chi connectivity index (χ0v) is 16.3. The number of aromatic nitrogens is 1. The minimum absolute atomic E-state index is 0. The Hall–Kier alpha value is -2.31. The molecule has 0 spiro atoms. The van der Waals surface area contributed by atoms with Gasteiger partial charge in [-0.05, 0) is 42.3 Å². The summed E-state index contributed by atoms with van der Waals surface area (Å²) in [5.74, 6) is -0.472. The van der Waals surface area contributed by atoms with Crippen molar-refractivity contribution >= 4 is 28.1 Å². The topological polar surface area (TPSA) is 42.3 Å². The summed E-state index contributed by atoms with van der Waals surface area (Å²) in [5.41, 5.74) is 3.08. The number of nitrogens with zero attached hydrogens (tertiary/aromatic N) is 2. The van der Waals surface area contributed by atoms with Gasteiger partial charge in [0.25, 0.3) is 10.0 Å². The predicted molar refractivity (Wildman–Crippen MR) is 105 cm³/mol. The molecule has 26 heavy (non-hydrogen) atoms. The van der Waals surface area contributed by atoms with Crippen molar-refractivity contribution in [2.75, 3.05) is 19.0 Å². The Labute approximate surface area is 159 Å². The van der Waals surface area contributed by atoms with Gasteiger partial charge in [-0.1, -0.05) is 30.3 Å². The molecule has 3 aromatic rings. The van der Waals surface area contributed by atoms with Crippen LogP contribution in [-0.4, -0.2) is 26.5 Å². The monoisotopic (exact) mass is 394 g/mol. The number of anilines is 1. The summed E-state index contributed by atoms with van der Waals surface area (Å²) >= 11 is 0. The number of halogens is 2. The van der Waals surface area contributed by atoms with Gasteiger partial charge in [0, 0.05) is 20.3 Å². The van der Waals surface area contributed by atoms with Gasteiger partial charge < -0.3 is 4.90 Å². The number of benzene rings is 2. The summed E-state index contributed by atoms with van der Waals surface area (Å²) in [4.78, 5) is 1.92. The van der Waals surface area contributed by atoms with Crippen LogP contribution < -0.4 is 4.90 Å². The molecule has 2 aromatic carbocycles. The van der Waals surface area contributed by atoms with Crippen LogP contribution in [0.4, 0.5) is 10.1 Å². The van der Waals surface area contributed by atoms with Crippen LogP contribution in [0.15, 0.2) is 65.7 Å². The largest absolute Gasteiger partial charge is 0.376 e. The molecule has 7 heteroatoms. The average Bonchev–Trinajstić information content (AvgIpc) is 2.94. The molecule has 3 rings (SSSR count). The van der Waals surface area contributed by atoms with Gasteiger partial charge in [-0.25, -0.2) is 16.8 Å². The van der Waals surface area contributed by atoms with Crippen LogP contribution in [0.3, 0.4) is 0 Å². The van der Waals surface area contributed by atoms with Gasteiger partial charge in [-0.3, -0.25) is 0 Å². The normalized spacial score (nSPS) is 11.1. The lowest BCUT2D eigenvalue weighted by atomic mass is 10.1. The van der Waals surface area contributed by atoms with Gasteiger partial charge in [0.05, 0.1) is 16.3 Å². The molecule has 0 N–H and O–H groups in total. The highest BCUT2D eigenvalue weighted by atomic mass is 35.5. The molecule has 0 aliphatic carbocycles. The van der Waals surface area contributed by atoms with E-state index in [9.17, 15) is 12.8 Å². The van der Waals surface area contributed by atoms with E-state index in [0.29, 0.717) is 5.69 Å². The minimum atomic E-state index is -3.85. The second kappa shape index (κ2) is 7.51. The number of hydrogen-bond donors (Lipinski definition) is 0. The van der Waals surface area contributed by atoms with E-state index < -0.39 is 15.8 Å². The van der Waals surface area contributed by atoms with Crippen molar-refractivity contribution in [3.05, 3.63) is 72.2 Å². The number of hydrogen-bond acceptors (Lipinski definition) is 3. The third-order valence-electron chi connectivity index (χ3n) is 4.10. The molecule has 0 amide bonds. The molecular weight excluding hydrogens is 375 g/mol. The zero-order valence-electron chi connectivity index (χ0n) is 14.7. The van der Waals surface area contributed by atoms with Gasteiger partial charge in [-0.2, -0.15) is 0 Å². The highest BCUT2D eigenvalue weighted by Gasteiger charge is 2.25. The van der Waals surface area contributed by atoms with E-state index in [-0.39, 0.29) is 17.3 Å². The maximum atomic E-state index is 13.2. The molecule has 1 aromatic heterocycles. The number of rotatable bonds is 4. The standard InChI is InChI=1S/C19H19FN2O2S.ClH/c1-14-18(21(2)3)13-22(19(14)15-7-5-4-6-8-15)25(23,24)17-11-9-16(20)10-12-17;/h4-13H,1-3H3;1H. The first-order valence-corrected chi connectivity index (χ1v) is 9.22. The Kier molecular flexibility index (Phi) is 5.78. The first kappa shape index (κ1) is 20.0. The fraction of sp³-hybridized carbons (Fsp3) is 0.158. The van der Waals surface area contributed by atoms with Crippen LogP contribution in [0.5, 0.6) is 0 Å². The fourth-order valence-electron chi connectivity index (χ4n) is 2.86. The van der Waals surface area contributed by atoms with Crippen molar-refractivity contribution in [2.45, 2.75) is 11.8 Å². The van der Waals surface area contributed by atoms with Crippen LogP contribution in [-0.2, 0) is 10.0 Å². The lowest BCUT2D eigenvalue weighted by Crippen LogP contribution is -2.14. The summed E-state index contributed by atoms with van der Waals surface area (Å²) in [6, 6.07) is 14.2. The van der Waals surface area contributed by atoms with Crippen LogP contribution in [0.1, 0.15) is 5.56 Å². The van der Waals surface area contributed by atoms with Gasteiger partial charge in [0.1, 0.15) is 5.82 Å². The summed E-state index contributed by atoms with van der Waals surface area (Å²) in [6.45, 7) is 1.90. The molecule has 0 unspecified atom stereocenters. The second-order valence-electron chi connectivity index (χ2n) is 6.00. The van der Waals surface area contributed by atoms with Crippen LogP contribution in [0.25, 0.3) is 11.3 Å². The van der Waals surface area contributed by atoms with E-state index in [0.717, 1.165) is 28.9 Å². The lowest BCUT2D eigenvalue weighted by Gasteiger charge is -2.12. The van der Waals surface area contributed by atoms with Crippen molar-refractivity contribution in [2.24, 2.45) is 0 Å². The summed E-state index contributed by atoms with van der Waals surface area (Å²) < 4.78 is 40.8. The molecule has 0 radical (unpaired) electrons. The third kappa shape index (κ3) is 3.48. The van der Waals surface area contributed by atoms with E-state index in [1.165, 1.54) is 16.1 Å². The van der Waals surface area contributed by atoms with Crippen molar-refractivity contribution in [1.82, 2.24) is 3.97 Å². The minimum Gasteiger partial charge on any atom is -0.376 e. The second-order valence-corrected chi connectivity index (χ2v) is 7.82. The molecule has 0 fully saturated rings. The first-order chi connectivity index (χ1) is 11.8. The quantitative estimate of drug-likeness (QED) is 0.661. The van der Waals surface area contributed by atoms with E-state index >= 15 is 0 Å².